The molecule has 3 rings (SSSR count). The number of aliphatic carboxylic acids is 2. The molecule has 1 heterocycles. The Morgan fingerprint density at radius 3 is 1.44 bits per heavy atom. The number of fused-ring (bicyclic) bond motifs is 1. The standard InChI is InChI=1S/C74H117N19O17/c1-11-42(9)61(93-71(108)54(35-44-21-14-13-15-22-44)89-69(106)53(34-40(5)6)87-66(103)50(26-20-32-81-74(78)79)85-72(109)60(41(7)8)92-62(99)43(10)83-63(100)47(76)27-29-58(95)96)73(110)86-51(28-30-59(97)98)67(104)90-55(36-45-38-82-48-24-17-16-23-46(45)48)70(107)88-52(33-39(3)4)68(105)84-49(25-18-19-31-75)65(102)91-56(37-57(77)94)64(101)80-12-2/h13-17,21-24,38-43,47,49-56,60-61,82H,11-12,18-20,25-37,75-76H2,1-10H3,(H2,77,94)(H,80,101)(H,83,100)(H,84,105)(H,85,109)(H,86,110)(H,87,103)(H,88,107)(H,89,106)(H,90,104)(H,91,102)(H,92,99)(H,93,108)(H,95,96)(H,97,98)(H4,78,79,81)/t42-,43-,47-,49-,50-,51-,52-,53-,54-,55-,56-,60-,61-/m0/s1. The number of hydrogen-bond donors (Lipinski definition) is 20. The van der Waals surface area contributed by atoms with E-state index >= 15 is 4.79 Å². The van der Waals surface area contributed by atoms with E-state index in [1.165, 1.54) is 6.92 Å². The van der Waals surface area contributed by atoms with Gasteiger partial charge in [0.2, 0.25) is 76.8 Å². The molecule has 36 heteroatoms. The summed E-state index contributed by atoms with van der Waals surface area (Å²) in [4.78, 5) is 214. The molecule has 0 spiro atoms. The average Bonchev–Trinajstić information content (AvgIpc) is 1.45. The number of nitrogens with one attached hydrogen (secondary N) is 13. The third-order valence-corrected chi connectivity index (χ3v) is 18.0. The van der Waals surface area contributed by atoms with Crippen molar-refractivity contribution < 1.29 is 82.1 Å². The lowest BCUT2D eigenvalue weighted by Gasteiger charge is -2.30. The van der Waals surface area contributed by atoms with Crippen LogP contribution in [0.3, 0.4) is 0 Å². The van der Waals surface area contributed by atoms with Gasteiger partial charge in [-0.1, -0.05) is 110 Å². The van der Waals surface area contributed by atoms with Crippen molar-refractivity contribution in [2.75, 3.05) is 19.6 Å². The summed E-state index contributed by atoms with van der Waals surface area (Å²) in [6, 6.07) is -1.51. The topological polar surface area (TPSA) is 599 Å². The molecule has 3 aromatic rings. The van der Waals surface area contributed by atoms with E-state index in [1.807, 2.05) is 0 Å². The van der Waals surface area contributed by atoms with E-state index in [4.69, 9.17) is 33.8 Å². The van der Waals surface area contributed by atoms with Crippen molar-refractivity contribution >= 4 is 106 Å². The molecule has 110 heavy (non-hydrogen) atoms. The first-order chi connectivity index (χ1) is 51.9. The van der Waals surface area contributed by atoms with Crippen LogP contribution in [0.4, 0.5) is 0 Å². The van der Waals surface area contributed by atoms with Crippen LogP contribution >= 0.6 is 0 Å². The fourth-order valence-corrected chi connectivity index (χ4v) is 11.7. The van der Waals surface area contributed by atoms with Crippen molar-refractivity contribution in [1.29, 1.82) is 0 Å². The summed E-state index contributed by atoms with van der Waals surface area (Å²) >= 11 is 0. The van der Waals surface area contributed by atoms with Crippen LogP contribution in [-0.2, 0) is 84.8 Å². The lowest BCUT2D eigenvalue weighted by molar-refractivity contribution is -0.139. The molecule has 610 valence electrons. The zero-order valence-electron chi connectivity index (χ0n) is 64.6. The van der Waals surface area contributed by atoms with Crippen molar-refractivity contribution in [3.05, 3.63) is 71.9 Å². The maximum atomic E-state index is 15.0. The van der Waals surface area contributed by atoms with Gasteiger partial charge in [0.05, 0.1) is 12.5 Å². The van der Waals surface area contributed by atoms with Crippen molar-refractivity contribution in [3.8, 4) is 0 Å². The largest absolute Gasteiger partial charge is 0.481 e. The van der Waals surface area contributed by atoms with Crippen molar-refractivity contribution in [2.24, 2.45) is 57.3 Å². The molecule has 0 fully saturated rings. The van der Waals surface area contributed by atoms with E-state index < -0.39 is 199 Å². The van der Waals surface area contributed by atoms with Crippen LogP contribution in [0.5, 0.6) is 0 Å². The first-order valence-corrected chi connectivity index (χ1v) is 37.3. The minimum absolute atomic E-state index is 0.00307. The third-order valence-electron chi connectivity index (χ3n) is 18.0. The van der Waals surface area contributed by atoms with Gasteiger partial charge < -0.3 is 108 Å². The lowest BCUT2D eigenvalue weighted by atomic mass is 9.96. The molecular weight excluding hydrogens is 1430 g/mol. The second-order valence-corrected chi connectivity index (χ2v) is 28.6. The summed E-state index contributed by atoms with van der Waals surface area (Å²) in [7, 11) is 0. The fourth-order valence-electron chi connectivity index (χ4n) is 11.7. The van der Waals surface area contributed by atoms with E-state index in [1.54, 1.807) is 123 Å². The van der Waals surface area contributed by atoms with Gasteiger partial charge >= 0.3 is 11.9 Å². The predicted molar refractivity (Wildman–Crippen MR) is 409 cm³/mol. The Kier molecular flexibility index (Phi) is 40.7. The number of nitrogens with zero attached hydrogens (tertiary/aromatic N) is 1. The van der Waals surface area contributed by atoms with Crippen molar-refractivity contribution in [2.45, 2.75) is 238 Å². The number of aliphatic imine (C=N–C) groups is 1. The van der Waals surface area contributed by atoms with Crippen molar-refractivity contribution in [3.63, 3.8) is 0 Å². The van der Waals surface area contributed by atoms with Gasteiger partial charge in [0.25, 0.3) is 0 Å². The Morgan fingerprint density at radius 2 is 0.918 bits per heavy atom. The highest BCUT2D eigenvalue weighted by molar-refractivity contribution is 6.00. The number of aromatic nitrogens is 1. The van der Waals surface area contributed by atoms with Crippen LogP contribution < -0.4 is 92.5 Å². The molecule has 0 aliphatic rings. The molecule has 36 nitrogen and oxygen atoms in total. The Hall–Kier alpha value is -10.8. The number of carboxylic acids is 2. The predicted octanol–water partition coefficient (Wildman–Crippen LogP) is -1.65. The third kappa shape index (κ3) is 33.4. The number of likely N-dealkylation sites (N-methyl/N-ethyl adjacent to an activating group) is 1. The highest BCUT2D eigenvalue weighted by Gasteiger charge is 2.39. The molecular formula is C74H117N19O17. The first kappa shape index (κ1) is 93.4. The molecule has 13 atom stereocenters. The Morgan fingerprint density at radius 1 is 0.464 bits per heavy atom. The van der Waals surface area contributed by atoms with Crippen LogP contribution in [0.1, 0.15) is 164 Å². The van der Waals surface area contributed by atoms with Crippen LogP contribution in [0, 0.1) is 23.7 Å². The van der Waals surface area contributed by atoms with E-state index in [9.17, 15) is 72.2 Å². The number of carbonyl (C=O) groups is 15. The molecule has 2 aromatic carbocycles. The molecule has 0 aliphatic heterocycles. The second-order valence-electron chi connectivity index (χ2n) is 28.6. The highest BCUT2D eigenvalue weighted by Crippen LogP contribution is 2.21. The zero-order valence-corrected chi connectivity index (χ0v) is 64.6. The molecule has 0 saturated carbocycles. The number of hydrogen-bond acceptors (Lipinski definition) is 18. The average molecular weight is 1540 g/mol. The Balaban J connectivity index is 2.06. The van der Waals surface area contributed by atoms with Gasteiger partial charge in [-0.15, -0.1) is 0 Å². The number of nitrogens with two attached hydrogens (primary N) is 5. The molecule has 0 radical (unpaired) electrons. The number of para-hydroxylation sites is 1. The Bertz CT molecular complexity index is 3620. The second kappa shape index (κ2) is 47.9. The van der Waals surface area contributed by atoms with Gasteiger partial charge in [0, 0.05) is 55.9 Å². The minimum Gasteiger partial charge on any atom is -0.481 e. The summed E-state index contributed by atoms with van der Waals surface area (Å²) in [5, 5.41) is 51.4. The molecule has 0 bridgehead atoms. The monoisotopic (exact) mass is 1540 g/mol. The van der Waals surface area contributed by atoms with Gasteiger partial charge in [0.15, 0.2) is 5.96 Å². The maximum absolute atomic E-state index is 15.0. The van der Waals surface area contributed by atoms with Crippen LogP contribution in [0.25, 0.3) is 10.9 Å². The minimum atomic E-state index is -1.72. The summed E-state index contributed by atoms with van der Waals surface area (Å²) in [6.45, 7) is 17.0. The van der Waals surface area contributed by atoms with Gasteiger partial charge in [-0.3, -0.25) is 76.9 Å². The molecule has 25 N–H and O–H groups in total. The summed E-state index contributed by atoms with van der Waals surface area (Å²) in [5.74, 6) is -16.0. The van der Waals surface area contributed by atoms with Crippen LogP contribution in [0.2, 0.25) is 0 Å². The van der Waals surface area contributed by atoms with Crippen LogP contribution in [-0.4, -0.2) is 202 Å². The van der Waals surface area contributed by atoms with Gasteiger partial charge in [-0.05, 0) is 119 Å². The summed E-state index contributed by atoms with van der Waals surface area (Å²) < 4.78 is 0. The molecule has 1 aromatic heterocycles. The number of benzene rings is 2. The van der Waals surface area contributed by atoms with Gasteiger partial charge in [-0.2, -0.15) is 0 Å². The number of H-pyrrole nitrogens is 1. The van der Waals surface area contributed by atoms with Crippen molar-refractivity contribution in [1.82, 2.24) is 68.8 Å². The van der Waals surface area contributed by atoms with E-state index in [-0.39, 0.29) is 95.2 Å². The number of aromatic amines is 1. The molecule has 0 unspecified atom stereocenters. The fraction of sp³-hybridized carbons (Fsp3) is 0.595. The number of rotatable bonds is 51. The molecule has 0 aliphatic carbocycles. The number of primary amides is 1. The molecule has 0 saturated heterocycles. The molecule has 13 amide bonds. The van der Waals surface area contributed by atoms with E-state index in [0.717, 1.165) is 0 Å². The first-order valence-electron chi connectivity index (χ1n) is 37.3. The maximum Gasteiger partial charge on any atom is 0.303 e. The zero-order chi connectivity index (χ0) is 82.5. The SMILES string of the molecule is CCNC(=O)[C@H](CC(N)=O)NC(=O)[C@H](CCCCN)NC(=O)[C@H](CC(C)C)NC(=O)[C@H](Cc1c[nH]c2ccccc12)NC(=O)[C@H](CCC(=O)O)NC(=O)[C@@H](NC(=O)[C@H](Cc1ccccc1)NC(=O)[C@H](CC(C)C)NC(=O)[C@H](CCCN=C(N)N)NC(=O)[C@@H](NC(=O)[C@H](C)NC(=O)[C@@H](N)CCC(=O)O)C(C)C)[C@@H](C)CC. The summed E-state index contributed by atoms with van der Waals surface area (Å²) in [6.07, 6.45) is -0.293. The normalized spacial score (nSPS) is 14.8. The smallest absolute Gasteiger partial charge is 0.303 e. The van der Waals surface area contributed by atoms with E-state index in [2.05, 4.69) is 73.8 Å². The van der Waals surface area contributed by atoms with E-state index in [0.29, 0.717) is 34.9 Å². The summed E-state index contributed by atoms with van der Waals surface area (Å²) in [5.41, 5.74) is 29.9. The number of carboxylic acid groups (broad SMARTS) is 2. The number of carbonyl (C=O) groups excluding carboxylic acids is 13. The van der Waals surface area contributed by atoms with Crippen LogP contribution in [0.15, 0.2) is 65.8 Å². The van der Waals surface area contributed by atoms with Gasteiger partial charge in [0.1, 0.15) is 66.5 Å². The lowest BCUT2D eigenvalue weighted by Crippen LogP contribution is -2.62. The number of amides is 13. The number of guanidine groups is 1. The Labute approximate surface area is 640 Å². The van der Waals surface area contributed by atoms with Gasteiger partial charge in [-0.25, -0.2) is 0 Å². The quantitative estimate of drug-likeness (QED) is 0.0171. The number of unbranched alkanes of at least 4 members (excludes halogenated alkanes) is 1. The highest BCUT2D eigenvalue weighted by atomic mass is 16.4.